The fourth-order valence-corrected chi connectivity index (χ4v) is 2.81. The largest absolute Gasteiger partial charge is 0.0955 e. The number of hydrogen-bond donors (Lipinski definition) is 0. The molecule has 0 aromatic heterocycles. The van der Waals surface area contributed by atoms with E-state index in [2.05, 4.69) is 69.0 Å². The summed E-state index contributed by atoms with van der Waals surface area (Å²) < 4.78 is 0. The lowest BCUT2D eigenvalue weighted by molar-refractivity contribution is 1.28. The zero-order chi connectivity index (χ0) is 12.3. The van der Waals surface area contributed by atoms with Crippen molar-refractivity contribution in [3.05, 3.63) is 66.2 Å². The van der Waals surface area contributed by atoms with Crippen LogP contribution in [0.25, 0.3) is 5.57 Å². The van der Waals surface area contributed by atoms with Gasteiger partial charge in [0.1, 0.15) is 0 Å². The normalized spacial score (nSPS) is 10.2. The Labute approximate surface area is 107 Å². The third-order valence-electron chi connectivity index (χ3n) is 2.66. The highest BCUT2D eigenvalue weighted by atomic mass is 32.2. The van der Waals surface area contributed by atoms with Gasteiger partial charge in [0.15, 0.2) is 0 Å². The summed E-state index contributed by atoms with van der Waals surface area (Å²) in [6, 6.07) is 16.9. The van der Waals surface area contributed by atoms with Crippen molar-refractivity contribution in [2.75, 3.05) is 0 Å². The van der Waals surface area contributed by atoms with Crippen molar-refractivity contribution in [2.45, 2.75) is 23.6 Å². The van der Waals surface area contributed by atoms with Crippen molar-refractivity contribution in [2.24, 2.45) is 0 Å². The summed E-state index contributed by atoms with van der Waals surface area (Å²) in [7, 11) is 0. The standard InChI is InChI=1S/C16H16S/c1-12(2)14-9-5-7-11-16(14)17-15-10-6-4-8-13(15)3/h4-11H,1H2,2-3H3. The SMILES string of the molecule is C=C(C)c1ccccc1Sc1ccccc1C. The smallest absolute Gasteiger partial charge is 0.0197 e. The second-order valence-corrected chi connectivity index (χ2v) is 5.23. The number of hydrogen-bond acceptors (Lipinski definition) is 1. The van der Waals surface area contributed by atoms with E-state index in [-0.39, 0.29) is 0 Å². The summed E-state index contributed by atoms with van der Waals surface area (Å²) in [6.07, 6.45) is 0. The van der Waals surface area contributed by atoms with E-state index in [1.54, 1.807) is 0 Å². The Bertz CT molecular complexity index is 541. The van der Waals surface area contributed by atoms with Crippen molar-refractivity contribution in [3.8, 4) is 0 Å². The highest BCUT2D eigenvalue weighted by molar-refractivity contribution is 7.99. The van der Waals surface area contributed by atoms with E-state index >= 15 is 0 Å². The van der Waals surface area contributed by atoms with Crippen LogP contribution in [0.15, 0.2) is 64.9 Å². The van der Waals surface area contributed by atoms with Gasteiger partial charge in [-0.15, -0.1) is 0 Å². The van der Waals surface area contributed by atoms with Gasteiger partial charge in [-0.1, -0.05) is 54.7 Å². The zero-order valence-electron chi connectivity index (χ0n) is 10.2. The molecule has 2 aromatic rings. The fourth-order valence-electron chi connectivity index (χ4n) is 1.70. The van der Waals surface area contributed by atoms with Crippen LogP contribution in [0.4, 0.5) is 0 Å². The van der Waals surface area contributed by atoms with Crippen LogP contribution in [-0.2, 0) is 0 Å². The van der Waals surface area contributed by atoms with E-state index in [1.807, 2.05) is 11.8 Å². The Morgan fingerprint density at radius 2 is 1.53 bits per heavy atom. The molecule has 0 amide bonds. The van der Waals surface area contributed by atoms with Gasteiger partial charge in [-0.25, -0.2) is 0 Å². The Kier molecular flexibility index (Phi) is 3.70. The van der Waals surface area contributed by atoms with Gasteiger partial charge in [0.2, 0.25) is 0 Å². The third kappa shape index (κ3) is 2.80. The van der Waals surface area contributed by atoms with Crippen molar-refractivity contribution in [1.29, 1.82) is 0 Å². The molecule has 0 fully saturated rings. The minimum Gasteiger partial charge on any atom is -0.0955 e. The molecule has 2 aromatic carbocycles. The number of rotatable bonds is 3. The van der Waals surface area contributed by atoms with Crippen LogP contribution in [-0.4, -0.2) is 0 Å². The van der Waals surface area contributed by atoms with Crippen LogP contribution >= 0.6 is 11.8 Å². The van der Waals surface area contributed by atoms with Gasteiger partial charge in [-0.05, 0) is 42.7 Å². The molecule has 1 heteroatoms. The summed E-state index contributed by atoms with van der Waals surface area (Å²) in [5.41, 5.74) is 3.66. The molecule has 0 nitrogen and oxygen atoms in total. The van der Waals surface area contributed by atoms with Crippen molar-refractivity contribution in [1.82, 2.24) is 0 Å². The molecular weight excluding hydrogens is 224 g/mol. The van der Waals surface area contributed by atoms with Gasteiger partial charge in [0.05, 0.1) is 0 Å². The third-order valence-corrected chi connectivity index (χ3v) is 3.91. The molecule has 0 N–H and O–H groups in total. The highest BCUT2D eigenvalue weighted by Gasteiger charge is 2.05. The monoisotopic (exact) mass is 240 g/mol. The molecule has 0 atom stereocenters. The summed E-state index contributed by atoms with van der Waals surface area (Å²) >= 11 is 1.81. The maximum atomic E-state index is 4.04. The molecule has 0 aliphatic rings. The van der Waals surface area contributed by atoms with Crippen LogP contribution in [0.3, 0.4) is 0 Å². The van der Waals surface area contributed by atoms with E-state index in [0.29, 0.717) is 0 Å². The number of allylic oxidation sites excluding steroid dienone is 1. The quantitative estimate of drug-likeness (QED) is 0.712. The molecule has 0 radical (unpaired) electrons. The second-order valence-electron chi connectivity index (χ2n) is 4.14. The molecule has 17 heavy (non-hydrogen) atoms. The average Bonchev–Trinajstić information content (AvgIpc) is 2.32. The van der Waals surface area contributed by atoms with Crippen LogP contribution in [0.1, 0.15) is 18.1 Å². The summed E-state index contributed by atoms with van der Waals surface area (Å²) in [6.45, 7) is 8.23. The Morgan fingerprint density at radius 1 is 0.941 bits per heavy atom. The van der Waals surface area contributed by atoms with E-state index < -0.39 is 0 Å². The Balaban J connectivity index is 2.37. The minimum atomic E-state index is 1.11. The Morgan fingerprint density at radius 3 is 2.18 bits per heavy atom. The molecule has 0 saturated carbocycles. The maximum Gasteiger partial charge on any atom is 0.0197 e. The molecule has 0 heterocycles. The first-order valence-electron chi connectivity index (χ1n) is 5.67. The Hall–Kier alpha value is -1.47. The lowest BCUT2D eigenvalue weighted by Gasteiger charge is -2.10. The van der Waals surface area contributed by atoms with Gasteiger partial charge in [-0.2, -0.15) is 0 Å². The van der Waals surface area contributed by atoms with E-state index in [1.165, 1.54) is 20.9 Å². The molecule has 2 rings (SSSR count). The van der Waals surface area contributed by atoms with E-state index in [0.717, 1.165) is 5.57 Å². The van der Waals surface area contributed by atoms with Crippen molar-refractivity contribution >= 4 is 17.3 Å². The number of benzene rings is 2. The van der Waals surface area contributed by atoms with Crippen LogP contribution in [0.5, 0.6) is 0 Å². The zero-order valence-corrected chi connectivity index (χ0v) is 11.1. The highest BCUT2D eigenvalue weighted by Crippen LogP contribution is 2.34. The summed E-state index contributed by atoms with van der Waals surface area (Å²) in [5, 5.41) is 0. The van der Waals surface area contributed by atoms with Gasteiger partial charge in [0.25, 0.3) is 0 Å². The topological polar surface area (TPSA) is 0 Å². The lowest BCUT2D eigenvalue weighted by atomic mass is 10.1. The van der Waals surface area contributed by atoms with Crippen molar-refractivity contribution < 1.29 is 0 Å². The van der Waals surface area contributed by atoms with Gasteiger partial charge >= 0.3 is 0 Å². The first-order valence-corrected chi connectivity index (χ1v) is 6.48. The first kappa shape index (κ1) is 12.0. The second kappa shape index (κ2) is 5.24. The van der Waals surface area contributed by atoms with Crippen LogP contribution in [0.2, 0.25) is 0 Å². The van der Waals surface area contributed by atoms with E-state index in [4.69, 9.17) is 0 Å². The predicted molar refractivity (Wildman–Crippen MR) is 76.5 cm³/mol. The fraction of sp³-hybridized carbons (Fsp3) is 0.125. The predicted octanol–water partition coefficient (Wildman–Crippen LogP) is 5.18. The molecule has 0 saturated heterocycles. The summed E-state index contributed by atoms with van der Waals surface area (Å²) in [4.78, 5) is 2.58. The van der Waals surface area contributed by atoms with E-state index in [9.17, 15) is 0 Å². The number of aryl methyl sites for hydroxylation is 1. The summed E-state index contributed by atoms with van der Waals surface area (Å²) in [5.74, 6) is 0. The molecule has 0 aliphatic heterocycles. The molecule has 0 bridgehead atoms. The molecule has 0 spiro atoms. The molecular formula is C16H16S. The van der Waals surface area contributed by atoms with Gasteiger partial charge in [0, 0.05) is 9.79 Å². The minimum absolute atomic E-state index is 1.11. The molecule has 0 unspecified atom stereocenters. The van der Waals surface area contributed by atoms with Gasteiger partial charge < -0.3 is 0 Å². The van der Waals surface area contributed by atoms with Crippen molar-refractivity contribution in [3.63, 3.8) is 0 Å². The molecule has 0 aliphatic carbocycles. The molecule has 86 valence electrons. The average molecular weight is 240 g/mol. The van der Waals surface area contributed by atoms with Gasteiger partial charge in [-0.3, -0.25) is 0 Å². The maximum absolute atomic E-state index is 4.04. The first-order chi connectivity index (χ1) is 8.18. The lowest BCUT2D eigenvalue weighted by Crippen LogP contribution is -1.84. The van der Waals surface area contributed by atoms with Crippen LogP contribution < -0.4 is 0 Å². The van der Waals surface area contributed by atoms with Crippen LogP contribution in [0, 0.1) is 6.92 Å².